The van der Waals surface area contributed by atoms with Crippen molar-refractivity contribution in [3.63, 3.8) is 0 Å². The molecule has 0 spiro atoms. The standard InChI is InChI=1S/C94H145N15O16S2/c1-19-61(10)83(108(16)90(117)81(59(6)7)105-89(116)82(60(8)9)107(14)15)77(120-17)52-79(111)109-54-68(50-76(109)84(121-18)62(11)85(112)100-67(53-95)48-63-30-25-24-26-31-63)125-106-92(119)122-55-64-35-38-66(39-36-64)99-87(114)72(34-29-44-98-91(96)118)103-88(115)80(58(4)5)104-78(110)41-42-93(12,20-2)123-46-47-124-94(13,21-3)43-45-97-86(113)65-37-40-71-73(49-65)102-75-57-127-70-33-28-23-22-27-32-69(51-70)126-56-74(75)101-71/h24-26,30-31,35-40,49,58-62,67-70,72,76-77,80-84H,19-23,27-29,32-34,41-48,50-52,54-57H2,1-18H3,(H,97,113)(H,99,114)(H,100,112)(H,103,115)(H,104,110)(H,105,116)(H,106,119)(H3,96,98,118)/t61-,62+,67-,68+,69?,70?,72-,76-,77+,80-,81-,82-,83-,84+,93?,94?/m0/s1. The van der Waals surface area contributed by atoms with Crippen LogP contribution >= 0.6 is 23.5 Å². The number of nitrogens with two attached hydrogens (primary N) is 1. The number of carbonyl (C=O) groups is 10. The fraction of sp³-hybridized carbons (Fsp3) is 0.670. The first kappa shape index (κ1) is 105. The maximum atomic E-state index is 15.1. The zero-order valence-corrected chi connectivity index (χ0v) is 79.9. The van der Waals surface area contributed by atoms with Crippen molar-refractivity contribution in [2.24, 2.45) is 35.3 Å². The van der Waals surface area contributed by atoms with Gasteiger partial charge in [-0.25, -0.2) is 19.6 Å². The summed E-state index contributed by atoms with van der Waals surface area (Å²) in [6, 6.07) is 16.6. The van der Waals surface area contributed by atoms with Gasteiger partial charge in [0.25, 0.3) is 5.91 Å². The summed E-state index contributed by atoms with van der Waals surface area (Å²) in [5, 5.41) is 31.5. The van der Waals surface area contributed by atoms with E-state index in [1.165, 1.54) is 64.1 Å². The van der Waals surface area contributed by atoms with E-state index in [0.717, 1.165) is 39.5 Å². The Morgan fingerprint density at radius 2 is 1.31 bits per heavy atom. The number of nitrogens with zero attached hydrogens (tertiary/aromatic N) is 6. The summed E-state index contributed by atoms with van der Waals surface area (Å²) in [6.07, 6.45) is 8.36. The normalized spacial score (nSPS) is 19.4. The maximum Gasteiger partial charge on any atom is 0.431 e. The number of likely N-dealkylation sites (N-methyl/N-ethyl adjacent to an activating group) is 2. The van der Waals surface area contributed by atoms with Gasteiger partial charge in [-0.15, -0.1) is 0 Å². The molecule has 4 unspecified atom stereocenters. The van der Waals surface area contributed by atoms with E-state index < -0.39 is 125 Å². The van der Waals surface area contributed by atoms with E-state index in [9.17, 15) is 48.4 Å². The quantitative estimate of drug-likeness (QED) is 0.0146. The average molecular weight is 1810 g/mol. The minimum absolute atomic E-state index is 0.0252. The first-order valence-electron chi connectivity index (χ1n) is 45.5. The predicted octanol–water partition coefficient (Wildman–Crippen LogP) is 11.6. The van der Waals surface area contributed by atoms with Gasteiger partial charge in [0, 0.05) is 93.4 Å². The van der Waals surface area contributed by atoms with Gasteiger partial charge in [-0.3, -0.25) is 48.1 Å². The molecule has 33 heteroatoms. The lowest BCUT2D eigenvalue weighted by Crippen LogP contribution is -2.59. The van der Waals surface area contributed by atoms with Gasteiger partial charge < -0.3 is 76.4 Å². The van der Waals surface area contributed by atoms with Crippen LogP contribution in [0.15, 0.2) is 72.8 Å². The van der Waals surface area contributed by atoms with Crippen LogP contribution in [0.1, 0.15) is 232 Å². The molecule has 16 atom stereocenters. The van der Waals surface area contributed by atoms with Gasteiger partial charge >= 0.3 is 12.1 Å². The molecule has 4 aromatic rings. The number of nitrogens with one attached hydrogen (secondary N) is 8. The third-order valence-corrected chi connectivity index (χ3v) is 27.8. The molecule has 0 radical (unpaired) electrons. The molecule has 1 aliphatic carbocycles. The summed E-state index contributed by atoms with van der Waals surface area (Å²) in [6.45, 7) is 25.3. The molecule has 1 aromatic heterocycles. The van der Waals surface area contributed by atoms with Crippen LogP contribution in [0.4, 0.5) is 15.3 Å². The molecule has 704 valence electrons. The summed E-state index contributed by atoms with van der Waals surface area (Å²) in [5.74, 6) is -3.59. The van der Waals surface area contributed by atoms with Crippen LogP contribution in [0.25, 0.3) is 11.0 Å². The summed E-state index contributed by atoms with van der Waals surface area (Å²) in [5.41, 5.74) is 12.2. The Kier molecular flexibility index (Phi) is 43.3. The molecule has 10 N–H and O–H groups in total. The molecule has 3 heterocycles. The largest absolute Gasteiger partial charge is 0.443 e. The monoisotopic (exact) mass is 1800 g/mol. The number of urea groups is 1. The summed E-state index contributed by atoms with van der Waals surface area (Å²) in [4.78, 5) is 160. The Morgan fingerprint density at radius 3 is 1.88 bits per heavy atom. The van der Waals surface area contributed by atoms with Crippen LogP contribution < -0.4 is 48.4 Å². The van der Waals surface area contributed by atoms with Crippen LogP contribution in [0, 0.1) is 40.9 Å². The second-order valence-electron chi connectivity index (χ2n) is 36.0. The molecule has 7 rings (SSSR count). The Balaban J connectivity index is 0.915. The minimum atomic E-state index is -1.14. The summed E-state index contributed by atoms with van der Waals surface area (Å²) < 4.78 is 30.7. The van der Waals surface area contributed by atoms with Gasteiger partial charge in [-0.05, 0) is 151 Å². The van der Waals surface area contributed by atoms with Gasteiger partial charge in [-0.1, -0.05) is 151 Å². The topological polar surface area (TPSA) is 408 Å². The number of benzene rings is 3. The number of carbonyl (C=O) groups excluding carboxylic acids is 10. The van der Waals surface area contributed by atoms with Crippen molar-refractivity contribution in [3.05, 3.63) is 101 Å². The zero-order chi connectivity index (χ0) is 93.2. The number of hydrogen-bond donors (Lipinski definition) is 9. The number of thioether (sulfide) groups is 2. The Morgan fingerprint density at radius 1 is 0.677 bits per heavy atom. The maximum absolute atomic E-state index is 15.1. The Hall–Kier alpha value is -8.75. The van der Waals surface area contributed by atoms with Crippen molar-refractivity contribution >= 4 is 99.6 Å². The molecule has 1 saturated heterocycles. The number of anilines is 1. The highest BCUT2D eigenvalue weighted by atomic mass is 32.2. The minimum Gasteiger partial charge on any atom is -0.443 e. The summed E-state index contributed by atoms with van der Waals surface area (Å²) in [7, 11) is 8.17. The van der Waals surface area contributed by atoms with Gasteiger partial charge in [0.05, 0.1) is 95.6 Å². The van der Waals surface area contributed by atoms with E-state index in [4.69, 9.17) is 44.2 Å². The van der Waals surface area contributed by atoms with Crippen molar-refractivity contribution < 1.29 is 76.5 Å². The van der Waals surface area contributed by atoms with Gasteiger partial charge in [0.2, 0.25) is 41.4 Å². The van der Waals surface area contributed by atoms with Crippen molar-refractivity contribution in [2.45, 2.75) is 306 Å². The molecule has 127 heavy (non-hydrogen) atoms. The van der Waals surface area contributed by atoms with Crippen LogP contribution in [-0.4, -0.2) is 235 Å². The number of nitriles is 1. The molecule has 31 nitrogen and oxygen atoms in total. The van der Waals surface area contributed by atoms with E-state index in [-0.39, 0.29) is 107 Å². The van der Waals surface area contributed by atoms with E-state index in [1.807, 2.05) is 160 Å². The third-order valence-electron chi connectivity index (χ3n) is 25.1. The average Bonchev–Trinajstić information content (AvgIpc) is 1.79. The van der Waals surface area contributed by atoms with E-state index in [0.29, 0.717) is 66.0 Å². The number of hydroxylamine groups is 1. The SMILES string of the molecule is CC[C@H](C)[C@@H]([C@@H](CC(=O)N1C[C@H](ONC(=O)OCc2ccc(NC(=O)[C@H](CCCNC(N)=O)NC(=O)[C@@H](NC(=O)CCC(C)(CC)OCCOC(C)(CC)CCNC(=O)c3ccc4nc5c(nc4c3)CSC3CCCCCCC(C3)SC5)C(C)C)cc2)C[C@H]1[C@H](OC)[C@@H](C)C(=O)N[C@H](C#N)Cc1ccccc1)OC)N(C)C(=O)[C@@H](NC(=O)[C@H](C(C)C)N(C)C)C(C)C. The van der Waals surface area contributed by atoms with Gasteiger partial charge in [0.15, 0.2) is 0 Å². The molecule has 11 amide bonds. The molecular formula is C94H145N15O16S2. The van der Waals surface area contributed by atoms with Gasteiger partial charge in [-0.2, -0.15) is 34.3 Å². The number of ether oxygens (including phenoxy) is 5. The molecule has 2 aliphatic heterocycles. The zero-order valence-electron chi connectivity index (χ0n) is 78.2. The first-order chi connectivity index (χ1) is 60.5. The molecular weight excluding hydrogens is 1660 g/mol. The van der Waals surface area contributed by atoms with Crippen molar-refractivity contribution in [1.29, 1.82) is 5.26 Å². The highest BCUT2D eigenvalue weighted by Gasteiger charge is 2.47. The lowest BCUT2D eigenvalue weighted by atomic mass is 9.89. The lowest BCUT2D eigenvalue weighted by Gasteiger charge is -2.41. The number of likely N-dealkylation sites (tertiary alicyclic amines) is 1. The molecule has 3 aromatic carbocycles. The summed E-state index contributed by atoms with van der Waals surface area (Å²) >= 11 is 4.05. The van der Waals surface area contributed by atoms with E-state index in [2.05, 4.69) is 48.8 Å². The Labute approximate surface area is 761 Å². The van der Waals surface area contributed by atoms with E-state index >= 15 is 4.79 Å². The predicted molar refractivity (Wildman–Crippen MR) is 495 cm³/mol. The van der Waals surface area contributed by atoms with Crippen LogP contribution in [0.3, 0.4) is 0 Å². The molecule has 2 fully saturated rings. The molecule has 1 saturated carbocycles. The fourth-order valence-electron chi connectivity index (χ4n) is 16.8. The van der Waals surface area contributed by atoms with Crippen LogP contribution in [0.5, 0.6) is 0 Å². The highest BCUT2D eigenvalue weighted by molar-refractivity contribution is 8.00. The first-order valence-corrected chi connectivity index (χ1v) is 47.6. The van der Waals surface area contributed by atoms with Gasteiger partial charge in [0.1, 0.15) is 36.9 Å². The number of primary amides is 1. The number of fused-ring (bicyclic) bond motifs is 4. The highest BCUT2D eigenvalue weighted by Crippen LogP contribution is 2.39. The van der Waals surface area contributed by atoms with E-state index in [1.54, 1.807) is 57.0 Å². The van der Waals surface area contributed by atoms with Crippen molar-refractivity contribution in [3.8, 4) is 6.07 Å². The van der Waals surface area contributed by atoms with Crippen molar-refractivity contribution in [1.82, 2.24) is 62.0 Å². The van der Waals surface area contributed by atoms with Crippen LogP contribution in [0.2, 0.25) is 0 Å². The second-order valence-corrected chi connectivity index (χ2v) is 38.6. The fourth-order valence-corrected chi connectivity index (χ4v) is 19.6. The Bertz CT molecular complexity index is 4250. The lowest BCUT2D eigenvalue weighted by molar-refractivity contribution is -0.148. The number of hydrogen-bond acceptors (Lipinski definition) is 22. The molecule has 2 bridgehead atoms. The second kappa shape index (κ2) is 52.2. The third kappa shape index (κ3) is 32.7. The number of methoxy groups -OCH3 is 2. The smallest absolute Gasteiger partial charge is 0.431 e. The number of rotatable bonds is 48. The van der Waals surface area contributed by atoms with Crippen LogP contribution in [-0.2, 0) is 86.6 Å². The number of amides is 11. The van der Waals surface area contributed by atoms with Crippen molar-refractivity contribution in [2.75, 3.05) is 73.5 Å². The molecule has 3 aliphatic rings. The number of aromatic nitrogens is 2.